The van der Waals surface area contributed by atoms with Gasteiger partial charge in [-0.2, -0.15) is 0 Å². The summed E-state index contributed by atoms with van der Waals surface area (Å²) in [4.78, 5) is 22.8. The molecule has 0 aliphatic carbocycles. The summed E-state index contributed by atoms with van der Waals surface area (Å²) in [5, 5.41) is 3.17. The van der Waals surface area contributed by atoms with E-state index in [4.69, 9.17) is 9.47 Å². The third kappa shape index (κ3) is 3.99. The predicted octanol–water partition coefficient (Wildman–Crippen LogP) is 2.86. The van der Waals surface area contributed by atoms with Gasteiger partial charge in [-0.3, -0.25) is 4.79 Å². The third-order valence-electron chi connectivity index (χ3n) is 4.20. The van der Waals surface area contributed by atoms with Crippen LogP contribution in [0.25, 0.3) is 0 Å². The molecule has 0 spiro atoms. The number of rotatable bonds is 5. The monoisotopic (exact) mass is 342 g/mol. The van der Waals surface area contributed by atoms with Crippen molar-refractivity contribution < 1.29 is 14.3 Å². The summed E-state index contributed by atoms with van der Waals surface area (Å²) < 4.78 is 10.6. The van der Waals surface area contributed by atoms with E-state index in [1.54, 1.807) is 26.4 Å². The van der Waals surface area contributed by atoms with Crippen molar-refractivity contribution in [2.24, 2.45) is 0 Å². The quantitative estimate of drug-likeness (QED) is 0.900. The number of amides is 1. The first-order valence-corrected chi connectivity index (χ1v) is 8.31. The minimum Gasteiger partial charge on any atom is -0.497 e. The second kappa shape index (κ2) is 7.83. The SMILES string of the molecule is COc1ccc(Nc2cc(C(=O)N3CCCCC3)ncn2)c(OC)c1. The van der Waals surface area contributed by atoms with E-state index in [2.05, 4.69) is 15.3 Å². The number of hydrogen-bond acceptors (Lipinski definition) is 6. The molecule has 0 radical (unpaired) electrons. The highest BCUT2D eigenvalue weighted by Gasteiger charge is 2.20. The van der Waals surface area contributed by atoms with E-state index in [9.17, 15) is 4.79 Å². The number of hydrogen-bond donors (Lipinski definition) is 1. The van der Waals surface area contributed by atoms with Crippen LogP contribution in [0.1, 0.15) is 29.8 Å². The minimum absolute atomic E-state index is 0.0492. The van der Waals surface area contributed by atoms with Gasteiger partial charge in [0.05, 0.1) is 19.9 Å². The zero-order valence-electron chi connectivity index (χ0n) is 14.5. The Hall–Kier alpha value is -2.83. The molecule has 1 fully saturated rings. The molecule has 7 heteroatoms. The number of nitrogens with zero attached hydrogens (tertiary/aromatic N) is 3. The zero-order chi connectivity index (χ0) is 17.6. The number of carbonyl (C=O) groups is 1. The maximum Gasteiger partial charge on any atom is 0.272 e. The van der Waals surface area contributed by atoms with Crippen molar-refractivity contribution in [2.75, 3.05) is 32.6 Å². The van der Waals surface area contributed by atoms with E-state index in [0.717, 1.165) is 31.6 Å². The first-order chi connectivity index (χ1) is 12.2. The number of nitrogens with one attached hydrogen (secondary N) is 1. The maximum absolute atomic E-state index is 12.6. The molecule has 1 saturated heterocycles. The zero-order valence-corrected chi connectivity index (χ0v) is 14.5. The Labute approximate surface area is 147 Å². The lowest BCUT2D eigenvalue weighted by Crippen LogP contribution is -2.36. The number of anilines is 2. The van der Waals surface area contributed by atoms with E-state index in [-0.39, 0.29) is 5.91 Å². The molecule has 0 saturated carbocycles. The van der Waals surface area contributed by atoms with Gasteiger partial charge >= 0.3 is 0 Å². The van der Waals surface area contributed by atoms with E-state index < -0.39 is 0 Å². The Morgan fingerprint density at radius 2 is 1.88 bits per heavy atom. The second-order valence-corrected chi connectivity index (χ2v) is 5.83. The van der Waals surface area contributed by atoms with E-state index in [1.807, 2.05) is 17.0 Å². The Balaban J connectivity index is 1.79. The largest absolute Gasteiger partial charge is 0.497 e. The fraction of sp³-hybridized carbons (Fsp3) is 0.389. The lowest BCUT2D eigenvalue weighted by Gasteiger charge is -2.26. The van der Waals surface area contributed by atoms with E-state index >= 15 is 0 Å². The summed E-state index contributed by atoms with van der Waals surface area (Å²) >= 11 is 0. The molecule has 1 amide bonds. The number of likely N-dealkylation sites (tertiary alicyclic amines) is 1. The Morgan fingerprint density at radius 1 is 1.08 bits per heavy atom. The van der Waals surface area contributed by atoms with Crippen LogP contribution in [0.2, 0.25) is 0 Å². The van der Waals surface area contributed by atoms with Crippen molar-refractivity contribution >= 4 is 17.4 Å². The van der Waals surface area contributed by atoms with Gasteiger partial charge in [0.1, 0.15) is 29.3 Å². The summed E-state index contributed by atoms with van der Waals surface area (Å²) in [6.45, 7) is 1.58. The van der Waals surface area contributed by atoms with Gasteiger partial charge in [-0.15, -0.1) is 0 Å². The van der Waals surface area contributed by atoms with Gasteiger partial charge in [0.15, 0.2) is 0 Å². The topological polar surface area (TPSA) is 76.6 Å². The molecule has 132 valence electrons. The van der Waals surface area contributed by atoms with Gasteiger partial charge in [0.2, 0.25) is 0 Å². The molecule has 1 N–H and O–H groups in total. The molecule has 3 rings (SSSR count). The normalized spacial score (nSPS) is 14.1. The van der Waals surface area contributed by atoms with Crippen LogP contribution in [0.3, 0.4) is 0 Å². The van der Waals surface area contributed by atoms with Crippen molar-refractivity contribution in [3.8, 4) is 11.5 Å². The average Bonchev–Trinajstić information content (AvgIpc) is 2.68. The molecule has 0 bridgehead atoms. The molecule has 1 aromatic heterocycles. The van der Waals surface area contributed by atoms with Crippen LogP contribution in [0.4, 0.5) is 11.5 Å². The molecule has 25 heavy (non-hydrogen) atoms. The highest BCUT2D eigenvalue weighted by Crippen LogP contribution is 2.31. The Bertz CT molecular complexity index is 745. The molecule has 0 unspecified atom stereocenters. The molecule has 1 aromatic carbocycles. The van der Waals surface area contributed by atoms with Gasteiger partial charge in [-0.05, 0) is 31.4 Å². The third-order valence-corrected chi connectivity index (χ3v) is 4.20. The highest BCUT2D eigenvalue weighted by molar-refractivity contribution is 5.93. The fourth-order valence-corrected chi connectivity index (χ4v) is 2.84. The van der Waals surface area contributed by atoms with Crippen molar-refractivity contribution in [3.05, 3.63) is 36.3 Å². The summed E-state index contributed by atoms with van der Waals surface area (Å²) in [5.74, 6) is 1.82. The van der Waals surface area contributed by atoms with Crippen LogP contribution in [-0.4, -0.2) is 48.1 Å². The van der Waals surface area contributed by atoms with Crippen molar-refractivity contribution in [3.63, 3.8) is 0 Å². The summed E-state index contributed by atoms with van der Waals surface area (Å²) in [7, 11) is 3.19. The van der Waals surface area contributed by atoms with Gasteiger partial charge in [0, 0.05) is 25.2 Å². The number of benzene rings is 1. The number of ether oxygens (including phenoxy) is 2. The van der Waals surface area contributed by atoms with E-state index in [0.29, 0.717) is 23.0 Å². The second-order valence-electron chi connectivity index (χ2n) is 5.83. The smallest absolute Gasteiger partial charge is 0.272 e. The number of carbonyl (C=O) groups excluding carboxylic acids is 1. The molecule has 2 aromatic rings. The van der Waals surface area contributed by atoms with Gasteiger partial charge in [-0.25, -0.2) is 9.97 Å². The van der Waals surface area contributed by atoms with Gasteiger partial charge < -0.3 is 19.7 Å². The minimum atomic E-state index is -0.0492. The van der Waals surface area contributed by atoms with Crippen LogP contribution in [0.5, 0.6) is 11.5 Å². The Morgan fingerprint density at radius 3 is 2.60 bits per heavy atom. The molecule has 2 heterocycles. The standard InChI is InChI=1S/C18H22N4O3/c1-24-13-6-7-14(16(10-13)25-2)21-17-11-15(19-12-20-17)18(23)22-8-4-3-5-9-22/h6-7,10-12H,3-5,8-9H2,1-2H3,(H,19,20,21). The first-order valence-electron chi connectivity index (χ1n) is 8.31. The molecule has 1 aliphatic heterocycles. The van der Waals surface area contributed by atoms with Crippen LogP contribution in [-0.2, 0) is 0 Å². The van der Waals surface area contributed by atoms with E-state index in [1.165, 1.54) is 12.7 Å². The first kappa shape index (κ1) is 17.0. The number of aromatic nitrogens is 2. The lowest BCUT2D eigenvalue weighted by molar-refractivity contribution is 0.0718. The van der Waals surface area contributed by atoms with Crippen LogP contribution in [0.15, 0.2) is 30.6 Å². The fourth-order valence-electron chi connectivity index (χ4n) is 2.84. The molecule has 7 nitrogen and oxygen atoms in total. The van der Waals surface area contributed by atoms with Gasteiger partial charge in [0.25, 0.3) is 5.91 Å². The molecule has 1 aliphatic rings. The summed E-state index contributed by atoms with van der Waals surface area (Å²) in [6, 6.07) is 7.11. The molecular formula is C18H22N4O3. The van der Waals surface area contributed by atoms with Crippen LogP contribution in [0, 0.1) is 0 Å². The van der Waals surface area contributed by atoms with Crippen LogP contribution >= 0.6 is 0 Å². The average molecular weight is 342 g/mol. The summed E-state index contributed by atoms with van der Waals surface area (Å²) in [6.07, 6.45) is 4.67. The predicted molar refractivity (Wildman–Crippen MR) is 94.6 cm³/mol. The molecule has 0 atom stereocenters. The van der Waals surface area contributed by atoms with Gasteiger partial charge in [-0.1, -0.05) is 0 Å². The number of piperidine rings is 1. The summed E-state index contributed by atoms with van der Waals surface area (Å²) in [5.41, 5.74) is 1.13. The van der Waals surface area contributed by atoms with Crippen molar-refractivity contribution in [1.82, 2.24) is 14.9 Å². The maximum atomic E-state index is 12.6. The van der Waals surface area contributed by atoms with Crippen molar-refractivity contribution in [1.29, 1.82) is 0 Å². The molecular weight excluding hydrogens is 320 g/mol. The lowest BCUT2D eigenvalue weighted by atomic mass is 10.1. The number of methoxy groups -OCH3 is 2. The highest BCUT2D eigenvalue weighted by atomic mass is 16.5. The van der Waals surface area contributed by atoms with Crippen molar-refractivity contribution in [2.45, 2.75) is 19.3 Å². The Kier molecular flexibility index (Phi) is 5.33. The van der Waals surface area contributed by atoms with Crippen LogP contribution < -0.4 is 14.8 Å².